The molecule has 1 aromatic heterocycles. The van der Waals surface area contributed by atoms with Crippen LogP contribution in [-0.2, 0) is 42.8 Å². The molecule has 47 heavy (non-hydrogen) atoms. The van der Waals surface area contributed by atoms with Crippen molar-refractivity contribution in [2.45, 2.75) is 76.3 Å². The number of hydrogen-bond donors (Lipinski definition) is 2. The Balaban J connectivity index is 1.31. The number of hydrogen-bond acceptors (Lipinski definition) is 11. The lowest BCUT2D eigenvalue weighted by Crippen LogP contribution is -2.57. The molecule has 2 N–H and O–H groups in total. The summed E-state index contributed by atoms with van der Waals surface area (Å²) in [6, 6.07) is 3.34. The Morgan fingerprint density at radius 2 is 1.91 bits per heavy atom. The third-order valence-corrected chi connectivity index (χ3v) is 10.7. The van der Waals surface area contributed by atoms with E-state index < -0.39 is 83.8 Å². The van der Waals surface area contributed by atoms with Crippen molar-refractivity contribution in [1.82, 2.24) is 9.88 Å². The zero-order chi connectivity index (χ0) is 33.6. The van der Waals surface area contributed by atoms with E-state index in [1.54, 1.807) is 25.3 Å². The van der Waals surface area contributed by atoms with Gasteiger partial charge in [-0.05, 0) is 38.0 Å². The topological polar surface area (TPSA) is 163 Å². The molecular formula is C34H44N2O11. The number of methoxy groups -OCH3 is 1. The molecule has 2 unspecified atom stereocenters. The van der Waals surface area contributed by atoms with Crippen LogP contribution >= 0.6 is 0 Å². The molecule has 13 nitrogen and oxygen atoms in total. The van der Waals surface area contributed by atoms with Gasteiger partial charge in [-0.3, -0.25) is 4.79 Å². The van der Waals surface area contributed by atoms with E-state index in [4.69, 9.17) is 28.4 Å². The number of carbonyl (C=O) groups excluding carboxylic acids is 4. The lowest BCUT2D eigenvalue weighted by molar-refractivity contribution is -0.182. The SMILES string of the molecule is CO[C@H]1C[C@H]2C=CC3C4[C@H](O)[C@@H](C)[C@@H](OC(=O)c5ccc[nH]5)[C@@H]3O[C@]42/C(C)=C/[C@@H](C)[C@@H]([C@@H](C)OC(=O)C(=O)N2CCOCC2)OC1=O. The predicted molar refractivity (Wildman–Crippen MR) is 164 cm³/mol. The molecule has 1 aromatic rings. The highest BCUT2D eigenvalue weighted by atomic mass is 16.6. The van der Waals surface area contributed by atoms with Crippen molar-refractivity contribution >= 4 is 23.8 Å². The number of nitrogens with one attached hydrogen (secondary N) is 1. The summed E-state index contributed by atoms with van der Waals surface area (Å²) in [7, 11) is 1.42. The fraction of sp³-hybridized carbons (Fsp3) is 0.647. The average Bonchev–Trinajstić information content (AvgIpc) is 3.67. The van der Waals surface area contributed by atoms with Gasteiger partial charge in [0.1, 0.15) is 35.7 Å². The largest absolute Gasteiger partial charge is 0.456 e. The van der Waals surface area contributed by atoms with Crippen LogP contribution in [0, 0.1) is 29.6 Å². The lowest BCUT2D eigenvalue weighted by Gasteiger charge is -2.48. The van der Waals surface area contributed by atoms with Crippen LogP contribution in [0.1, 0.15) is 44.6 Å². The summed E-state index contributed by atoms with van der Waals surface area (Å²) in [6.07, 6.45) is 2.65. The van der Waals surface area contributed by atoms with Gasteiger partial charge in [-0.25, -0.2) is 14.4 Å². The first-order valence-electron chi connectivity index (χ1n) is 16.4. The van der Waals surface area contributed by atoms with Gasteiger partial charge in [-0.2, -0.15) is 0 Å². The smallest absolute Gasteiger partial charge is 0.397 e. The molecule has 1 spiro atoms. The summed E-state index contributed by atoms with van der Waals surface area (Å²) in [6.45, 7) is 8.45. The molecule has 0 radical (unpaired) electrons. The van der Waals surface area contributed by atoms with Gasteiger partial charge in [-0.1, -0.05) is 32.1 Å². The number of aromatic amines is 1. The number of aliphatic hydroxyl groups is 1. The number of aliphatic hydroxyl groups excluding tert-OH is 1. The number of aromatic nitrogens is 1. The van der Waals surface area contributed by atoms with E-state index in [0.29, 0.717) is 18.9 Å². The van der Waals surface area contributed by atoms with E-state index >= 15 is 0 Å². The third kappa shape index (κ3) is 5.81. The molecule has 12 atom stereocenters. The molecule has 2 saturated heterocycles. The standard InChI is InChI=1S/C34H44N2O11/c1-17-15-18(2)34-21(8-9-22-25(34)26(37)19(3)28(29(22)47-34)46-31(39)23-7-6-10-35-23)16-24(42-5)32(40)45-27(17)20(4)44-33(41)30(38)36-11-13-43-14-12-36/h6-10,15,17,19-22,24-29,35,37H,11-14,16H2,1-5H3/b18-15+/t17-,19-,20-,21-,22?,24+,25?,26-,27+,28-,29-,34+/m1/s1. The van der Waals surface area contributed by atoms with E-state index in [9.17, 15) is 24.3 Å². The summed E-state index contributed by atoms with van der Waals surface area (Å²) in [4.78, 5) is 56.6. The van der Waals surface area contributed by atoms with Crippen LogP contribution in [0.5, 0.6) is 0 Å². The second-order valence-corrected chi connectivity index (χ2v) is 13.4. The molecule has 1 amide bonds. The molecule has 1 saturated carbocycles. The van der Waals surface area contributed by atoms with Crippen molar-refractivity contribution in [3.8, 4) is 0 Å². The third-order valence-electron chi connectivity index (χ3n) is 10.7. The number of amides is 1. The van der Waals surface area contributed by atoms with Crippen molar-refractivity contribution in [1.29, 1.82) is 0 Å². The van der Waals surface area contributed by atoms with Crippen molar-refractivity contribution in [2.24, 2.45) is 29.6 Å². The molecule has 5 aliphatic rings. The van der Waals surface area contributed by atoms with E-state index in [2.05, 4.69) is 4.98 Å². The van der Waals surface area contributed by atoms with Crippen molar-refractivity contribution < 1.29 is 52.7 Å². The Kier molecular flexibility index (Phi) is 9.36. The summed E-state index contributed by atoms with van der Waals surface area (Å²) >= 11 is 0. The van der Waals surface area contributed by atoms with E-state index in [-0.39, 0.29) is 31.3 Å². The fourth-order valence-corrected chi connectivity index (χ4v) is 8.31. The Morgan fingerprint density at radius 1 is 1.17 bits per heavy atom. The van der Waals surface area contributed by atoms with Gasteiger partial charge in [0.2, 0.25) is 0 Å². The van der Waals surface area contributed by atoms with Crippen LogP contribution in [0.2, 0.25) is 0 Å². The van der Waals surface area contributed by atoms with Gasteiger partial charge < -0.3 is 43.4 Å². The minimum Gasteiger partial charge on any atom is -0.456 e. The minimum absolute atomic E-state index is 0.186. The molecule has 13 heteroatoms. The highest BCUT2D eigenvalue weighted by Crippen LogP contribution is 2.61. The maximum atomic E-state index is 13.6. The number of nitrogens with zero attached hydrogens (tertiary/aromatic N) is 1. The second kappa shape index (κ2) is 13.2. The van der Waals surface area contributed by atoms with Crippen molar-refractivity contribution in [3.63, 3.8) is 0 Å². The summed E-state index contributed by atoms with van der Waals surface area (Å²) < 4.78 is 35.5. The van der Waals surface area contributed by atoms with E-state index in [0.717, 1.165) is 5.57 Å². The van der Waals surface area contributed by atoms with Crippen molar-refractivity contribution in [2.75, 3.05) is 33.4 Å². The number of H-pyrrole nitrogens is 1. The van der Waals surface area contributed by atoms with Gasteiger partial charge in [0.15, 0.2) is 6.10 Å². The second-order valence-electron chi connectivity index (χ2n) is 13.4. The number of esters is 3. The zero-order valence-corrected chi connectivity index (χ0v) is 27.3. The van der Waals surface area contributed by atoms with E-state index in [1.165, 1.54) is 12.0 Å². The maximum Gasteiger partial charge on any atom is 0.397 e. The van der Waals surface area contributed by atoms with Crippen LogP contribution in [0.4, 0.5) is 0 Å². The summed E-state index contributed by atoms with van der Waals surface area (Å²) in [5.41, 5.74) is 0.0594. The molecule has 3 aliphatic heterocycles. The molecule has 3 fully saturated rings. The molecule has 2 aliphatic carbocycles. The first kappa shape index (κ1) is 33.4. The number of rotatable bonds is 5. The molecule has 256 valence electrons. The highest BCUT2D eigenvalue weighted by Gasteiger charge is 2.69. The lowest BCUT2D eigenvalue weighted by atomic mass is 9.57. The zero-order valence-electron chi connectivity index (χ0n) is 27.3. The Morgan fingerprint density at radius 3 is 2.60 bits per heavy atom. The van der Waals surface area contributed by atoms with Crippen LogP contribution in [-0.4, -0.2) is 114 Å². The van der Waals surface area contributed by atoms with Crippen molar-refractivity contribution in [3.05, 3.63) is 47.8 Å². The van der Waals surface area contributed by atoms with Crippen LogP contribution in [0.15, 0.2) is 42.1 Å². The highest BCUT2D eigenvalue weighted by molar-refractivity contribution is 6.32. The maximum absolute atomic E-state index is 13.6. The first-order valence-corrected chi connectivity index (χ1v) is 16.4. The van der Waals surface area contributed by atoms with Crippen LogP contribution in [0.3, 0.4) is 0 Å². The predicted octanol–water partition coefficient (Wildman–Crippen LogP) is 1.81. The molecule has 6 rings (SSSR count). The van der Waals surface area contributed by atoms with Crippen LogP contribution in [0.25, 0.3) is 0 Å². The minimum atomic E-state index is -1.05. The van der Waals surface area contributed by atoms with Gasteiger partial charge in [0, 0.05) is 56.0 Å². The summed E-state index contributed by atoms with van der Waals surface area (Å²) in [5.74, 6) is -4.96. The van der Waals surface area contributed by atoms with Crippen LogP contribution < -0.4 is 0 Å². The van der Waals surface area contributed by atoms with Gasteiger partial charge in [-0.15, -0.1) is 0 Å². The first-order chi connectivity index (χ1) is 22.5. The quantitative estimate of drug-likeness (QED) is 0.206. The molecule has 0 aromatic carbocycles. The fourth-order valence-electron chi connectivity index (χ4n) is 8.31. The Bertz CT molecular complexity index is 1420. The average molecular weight is 657 g/mol. The Hall–Kier alpha value is -3.52. The molecule has 4 heterocycles. The van der Waals surface area contributed by atoms with E-state index in [1.807, 2.05) is 39.0 Å². The summed E-state index contributed by atoms with van der Waals surface area (Å²) in [5, 5.41) is 11.9. The van der Waals surface area contributed by atoms with Gasteiger partial charge in [0.25, 0.3) is 0 Å². The monoisotopic (exact) mass is 656 g/mol. The van der Waals surface area contributed by atoms with Gasteiger partial charge >= 0.3 is 23.8 Å². The molecular weight excluding hydrogens is 612 g/mol. The number of ether oxygens (including phenoxy) is 6. The number of cyclic esters (lactones) is 1. The van der Waals surface area contributed by atoms with Gasteiger partial charge in [0.05, 0.1) is 19.3 Å². The normalized spacial score (nSPS) is 39.9. The Labute approximate surface area is 273 Å². The number of morpholine rings is 1. The number of carbonyl (C=O) groups is 4. The molecule has 4 bridgehead atoms.